The fourth-order valence-electron chi connectivity index (χ4n) is 1.57. The van der Waals surface area contributed by atoms with Crippen LogP contribution < -0.4 is 15.4 Å². The van der Waals surface area contributed by atoms with Crippen LogP contribution in [0.3, 0.4) is 0 Å². The van der Waals surface area contributed by atoms with E-state index < -0.39 is 11.7 Å². The van der Waals surface area contributed by atoms with Gasteiger partial charge in [-0.25, -0.2) is 4.79 Å². The molecule has 0 saturated carbocycles. The Hall–Kier alpha value is -1.91. The molecule has 1 rings (SSSR count). The first kappa shape index (κ1) is 16.1. The van der Waals surface area contributed by atoms with Gasteiger partial charge in [0.1, 0.15) is 11.4 Å². The van der Waals surface area contributed by atoms with Crippen molar-refractivity contribution in [2.45, 2.75) is 39.3 Å². The number of amides is 1. The van der Waals surface area contributed by atoms with E-state index in [9.17, 15) is 4.79 Å². The average Bonchev–Trinajstić information content (AvgIpc) is 2.35. The Balaban J connectivity index is 2.36. The van der Waals surface area contributed by atoms with Crippen molar-refractivity contribution in [3.63, 3.8) is 0 Å². The van der Waals surface area contributed by atoms with E-state index in [1.54, 1.807) is 7.11 Å². The molecule has 0 aliphatic rings. The van der Waals surface area contributed by atoms with Crippen LogP contribution in [0, 0.1) is 0 Å². The number of benzene rings is 1. The number of alkyl carbamates (subject to hydrolysis) is 1. The van der Waals surface area contributed by atoms with Crippen LogP contribution in [0.25, 0.3) is 0 Å². The van der Waals surface area contributed by atoms with E-state index in [0.717, 1.165) is 11.4 Å². The zero-order valence-electron chi connectivity index (χ0n) is 12.8. The lowest BCUT2D eigenvalue weighted by Gasteiger charge is -2.21. The Morgan fingerprint density at radius 1 is 1.25 bits per heavy atom. The van der Waals surface area contributed by atoms with Crippen molar-refractivity contribution in [1.29, 1.82) is 0 Å². The average molecular weight is 280 g/mol. The molecule has 112 valence electrons. The van der Waals surface area contributed by atoms with Gasteiger partial charge in [0.15, 0.2) is 0 Å². The van der Waals surface area contributed by atoms with Crippen LogP contribution in [0.2, 0.25) is 0 Å². The van der Waals surface area contributed by atoms with Crippen LogP contribution in [0.1, 0.15) is 27.7 Å². The molecule has 0 bridgehead atoms. The van der Waals surface area contributed by atoms with Gasteiger partial charge in [0.05, 0.1) is 7.11 Å². The van der Waals surface area contributed by atoms with E-state index in [0.29, 0.717) is 6.54 Å². The predicted molar refractivity (Wildman–Crippen MR) is 80.3 cm³/mol. The molecule has 0 aliphatic heterocycles. The Kier molecular flexibility index (Phi) is 5.67. The molecule has 1 atom stereocenters. The highest BCUT2D eigenvalue weighted by atomic mass is 16.6. The minimum Gasteiger partial charge on any atom is -0.497 e. The molecule has 0 fully saturated rings. The molecule has 0 aromatic heterocycles. The Morgan fingerprint density at radius 3 is 2.35 bits per heavy atom. The Morgan fingerprint density at radius 2 is 1.85 bits per heavy atom. The first-order valence-corrected chi connectivity index (χ1v) is 6.67. The summed E-state index contributed by atoms with van der Waals surface area (Å²) < 4.78 is 10.3. The lowest BCUT2D eigenvalue weighted by atomic mass is 10.2. The Labute approximate surface area is 120 Å². The maximum absolute atomic E-state index is 11.5. The van der Waals surface area contributed by atoms with Gasteiger partial charge in [-0.2, -0.15) is 0 Å². The minimum atomic E-state index is -0.475. The van der Waals surface area contributed by atoms with E-state index >= 15 is 0 Å². The maximum atomic E-state index is 11.5. The normalized spacial score (nSPS) is 12.4. The zero-order valence-corrected chi connectivity index (χ0v) is 12.8. The monoisotopic (exact) mass is 280 g/mol. The van der Waals surface area contributed by atoms with Crippen LogP contribution in [0.4, 0.5) is 10.5 Å². The summed E-state index contributed by atoms with van der Waals surface area (Å²) in [6.45, 7) is 7.99. The molecular weight excluding hydrogens is 256 g/mol. The van der Waals surface area contributed by atoms with Gasteiger partial charge in [0, 0.05) is 18.3 Å². The molecule has 20 heavy (non-hydrogen) atoms. The van der Waals surface area contributed by atoms with Crippen molar-refractivity contribution < 1.29 is 14.3 Å². The fourth-order valence-corrected chi connectivity index (χ4v) is 1.57. The molecule has 1 amide bonds. The third kappa shape index (κ3) is 6.31. The lowest BCUT2D eigenvalue weighted by molar-refractivity contribution is 0.0526. The smallest absolute Gasteiger partial charge is 0.407 e. The van der Waals surface area contributed by atoms with Crippen molar-refractivity contribution in [1.82, 2.24) is 5.32 Å². The highest BCUT2D eigenvalue weighted by molar-refractivity contribution is 5.67. The van der Waals surface area contributed by atoms with Crippen LogP contribution in [0.15, 0.2) is 24.3 Å². The second-order valence-corrected chi connectivity index (χ2v) is 5.66. The number of hydrogen-bond acceptors (Lipinski definition) is 4. The van der Waals surface area contributed by atoms with Gasteiger partial charge in [-0.1, -0.05) is 0 Å². The third-order valence-electron chi connectivity index (χ3n) is 2.45. The van der Waals surface area contributed by atoms with Gasteiger partial charge in [-0.15, -0.1) is 0 Å². The molecule has 1 unspecified atom stereocenters. The number of ether oxygens (including phenoxy) is 2. The SMILES string of the molecule is COc1ccc(NC(C)CNC(=O)OC(C)(C)C)cc1. The number of anilines is 1. The van der Waals surface area contributed by atoms with Gasteiger partial charge in [0.2, 0.25) is 0 Å². The van der Waals surface area contributed by atoms with Crippen molar-refractivity contribution in [2.24, 2.45) is 0 Å². The second-order valence-electron chi connectivity index (χ2n) is 5.66. The summed E-state index contributed by atoms with van der Waals surface area (Å²) in [7, 11) is 1.63. The van der Waals surface area contributed by atoms with Crippen molar-refractivity contribution >= 4 is 11.8 Å². The summed E-state index contributed by atoms with van der Waals surface area (Å²) in [6, 6.07) is 7.73. The molecule has 2 N–H and O–H groups in total. The van der Waals surface area contributed by atoms with Crippen LogP contribution >= 0.6 is 0 Å². The number of carbonyl (C=O) groups excluding carboxylic acids is 1. The molecule has 0 heterocycles. The lowest BCUT2D eigenvalue weighted by Crippen LogP contribution is -2.38. The molecule has 0 radical (unpaired) electrons. The molecule has 0 spiro atoms. The highest BCUT2D eigenvalue weighted by Crippen LogP contribution is 2.15. The van der Waals surface area contributed by atoms with Crippen LogP contribution in [-0.4, -0.2) is 31.4 Å². The standard InChI is InChI=1S/C15H24N2O3/c1-11(10-16-14(18)20-15(2,3)4)17-12-6-8-13(19-5)9-7-12/h6-9,11,17H,10H2,1-5H3,(H,16,18). The Bertz CT molecular complexity index is 424. The van der Waals surface area contributed by atoms with E-state index in [1.807, 2.05) is 52.0 Å². The number of rotatable bonds is 5. The van der Waals surface area contributed by atoms with E-state index in [2.05, 4.69) is 10.6 Å². The molecule has 0 saturated heterocycles. The zero-order chi connectivity index (χ0) is 15.2. The van der Waals surface area contributed by atoms with E-state index in [1.165, 1.54) is 0 Å². The molecule has 0 aliphatic carbocycles. The maximum Gasteiger partial charge on any atom is 0.407 e. The quantitative estimate of drug-likeness (QED) is 0.870. The minimum absolute atomic E-state index is 0.0934. The summed E-state index contributed by atoms with van der Waals surface area (Å²) in [5, 5.41) is 6.02. The highest BCUT2D eigenvalue weighted by Gasteiger charge is 2.16. The molecular formula is C15H24N2O3. The van der Waals surface area contributed by atoms with Gasteiger partial charge < -0.3 is 20.1 Å². The number of carbonyl (C=O) groups is 1. The first-order valence-electron chi connectivity index (χ1n) is 6.67. The summed E-state index contributed by atoms with van der Waals surface area (Å²) in [6.07, 6.45) is -0.402. The molecule has 5 heteroatoms. The second kappa shape index (κ2) is 7.03. The topological polar surface area (TPSA) is 59.6 Å². The van der Waals surface area contributed by atoms with Gasteiger partial charge in [-0.3, -0.25) is 0 Å². The predicted octanol–water partition coefficient (Wildman–Crippen LogP) is 3.02. The number of nitrogens with one attached hydrogen (secondary N) is 2. The molecule has 1 aromatic carbocycles. The van der Waals surface area contributed by atoms with E-state index in [-0.39, 0.29) is 6.04 Å². The van der Waals surface area contributed by atoms with Gasteiger partial charge >= 0.3 is 6.09 Å². The number of hydrogen-bond donors (Lipinski definition) is 2. The van der Waals surface area contributed by atoms with E-state index in [4.69, 9.17) is 9.47 Å². The summed E-state index contributed by atoms with van der Waals surface area (Å²) in [5.74, 6) is 0.815. The largest absolute Gasteiger partial charge is 0.497 e. The van der Waals surface area contributed by atoms with Crippen LogP contribution in [-0.2, 0) is 4.74 Å². The van der Waals surface area contributed by atoms with Crippen molar-refractivity contribution in [3.8, 4) is 5.75 Å². The van der Waals surface area contributed by atoms with Gasteiger partial charge in [0.25, 0.3) is 0 Å². The summed E-state index contributed by atoms with van der Waals surface area (Å²) >= 11 is 0. The van der Waals surface area contributed by atoms with Crippen molar-refractivity contribution in [3.05, 3.63) is 24.3 Å². The summed E-state index contributed by atoms with van der Waals surface area (Å²) in [5.41, 5.74) is 0.501. The first-order chi connectivity index (χ1) is 9.30. The fraction of sp³-hybridized carbons (Fsp3) is 0.533. The molecule has 5 nitrogen and oxygen atoms in total. The van der Waals surface area contributed by atoms with Gasteiger partial charge in [-0.05, 0) is 52.0 Å². The number of methoxy groups -OCH3 is 1. The van der Waals surface area contributed by atoms with Crippen LogP contribution in [0.5, 0.6) is 5.75 Å². The van der Waals surface area contributed by atoms with Crippen molar-refractivity contribution in [2.75, 3.05) is 19.0 Å². The molecule has 1 aromatic rings. The summed E-state index contributed by atoms with van der Waals surface area (Å²) in [4.78, 5) is 11.5. The third-order valence-corrected chi connectivity index (χ3v) is 2.45.